The highest BCUT2D eigenvalue weighted by molar-refractivity contribution is 6.31. The van der Waals surface area contributed by atoms with Gasteiger partial charge in [0.05, 0.1) is 0 Å². The molecule has 2 rings (SSSR count). The largest absolute Gasteiger partial charge is 0.396 e. The van der Waals surface area contributed by atoms with E-state index < -0.39 is 0 Å². The van der Waals surface area contributed by atoms with Crippen molar-refractivity contribution in [2.24, 2.45) is 0 Å². The Bertz CT molecular complexity index is 327. The van der Waals surface area contributed by atoms with Crippen molar-refractivity contribution < 1.29 is 5.11 Å². The Morgan fingerprint density at radius 3 is 3.14 bits per heavy atom. The number of rotatable bonds is 2. The van der Waals surface area contributed by atoms with Gasteiger partial charge in [0.15, 0.2) is 0 Å². The second kappa shape index (κ2) is 4.30. The molecule has 76 valence electrons. The predicted molar refractivity (Wildman–Crippen MR) is 57.6 cm³/mol. The second-order valence-corrected chi connectivity index (χ2v) is 4.05. The first-order chi connectivity index (χ1) is 6.83. The summed E-state index contributed by atoms with van der Waals surface area (Å²) in [5, 5.41) is 13.1. The third-order valence-electron chi connectivity index (χ3n) is 2.76. The molecule has 1 heterocycles. The van der Waals surface area contributed by atoms with Gasteiger partial charge in [0.2, 0.25) is 0 Å². The van der Waals surface area contributed by atoms with E-state index in [0.717, 1.165) is 24.5 Å². The molecule has 1 aromatic rings. The van der Waals surface area contributed by atoms with Crippen molar-refractivity contribution >= 4 is 11.6 Å². The Morgan fingerprint density at radius 2 is 2.36 bits per heavy atom. The van der Waals surface area contributed by atoms with Crippen LogP contribution in [0.25, 0.3) is 0 Å². The van der Waals surface area contributed by atoms with Crippen molar-refractivity contribution in [1.82, 2.24) is 5.32 Å². The number of benzene rings is 1. The Hall–Kier alpha value is -0.570. The lowest BCUT2D eigenvalue weighted by molar-refractivity contribution is 0.271. The van der Waals surface area contributed by atoms with Crippen LogP contribution in [-0.2, 0) is 6.54 Å². The van der Waals surface area contributed by atoms with E-state index in [0.29, 0.717) is 5.92 Å². The minimum atomic E-state index is 0.234. The molecule has 1 aliphatic heterocycles. The molecule has 3 heteroatoms. The van der Waals surface area contributed by atoms with Crippen LogP contribution in [-0.4, -0.2) is 18.3 Å². The van der Waals surface area contributed by atoms with Gasteiger partial charge in [0.1, 0.15) is 0 Å². The molecule has 0 fully saturated rings. The quantitative estimate of drug-likeness (QED) is 0.784. The second-order valence-electron chi connectivity index (χ2n) is 3.65. The van der Waals surface area contributed by atoms with Gasteiger partial charge in [0.25, 0.3) is 0 Å². The van der Waals surface area contributed by atoms with Crippen LogP contribution in [0.1, 0.15) is 23.5 Å². The molecule has 1 aliphatic rings. The molecule has 0 bridgehead atoms. The average Bonchev–Trinajstić information content (AvgIpc) is 2.20. The lowest BCUT2D eigenvalue weighted by Crippen LogP contribution is -2.28. The van der Waals surface area contributed by atoms with Gasteiger partial charge in [-0.3, -0.25) is 0 Å². The minimum Gasteiger partial charge on any atom is -0.396 e. The van der Waals surface area contributed by atoms with Crippen LogP contribution in [0.15, 0.2) is 18.2 Å². The molecule has 0 saturated heterocycles. The lowest BCUT2D eigenvalue weighted by atomic mass is 9.89. The van der Waals surface area contributed by atoms with Gasteiger partial charge in [-0.2, -0.15) is 0 Å². The monoisotopic (exact) mass is 211 g/mol. The summed E-state index contributed by atoms with van der Waals surface area (Å²) < 4.78 is 0. The number of hydrogen-bond donors (Lipinski definition) is 2. The Labute approximate surface area is 88.9 Å². The van der Waals surface area contributed by atoms with Crippen LogP contribution in [0.3, 0.4) is 0 Å². The highest BCUT2D eigenvalue weighted by atomic mass is 35.5. The Morgan fingerprint density at radius 1 is 1.50 bits per heavy atom. The van der Waals surface area contributed by atoms with E-state index in [2.05, 4.69) is 11.4 Å². The fourth-order valence-electron chi connectivity index (χ4n) is 2.04. The number of halogens is 1. The number of aliphatic hydroxyl groups excluding tert-OH is 1. The number of nitrogens with one attached hydrogen (secondary N) is 1. The van der Waals surface area contributed by atoms with Gasteiger partial charge in [-0.05, 0) is 29.5 Å². The topological polar surface area (TPSA) is 32.3 Å². The van der Waals surface area contributed by atoms with Gasteiger partial charge in [-0.25, -0.2) is 0 Å². The smallest absolute Gasteiger partial charge is 0.0453 e. The maximum Gasteiger partial charge on any atom is 0.0453 e. The van der Waals surface area contributed by atoms with Crippen molar-refractivity contribution in [3.63, 3.8) is 0 Å². The molecule has 2 nitrogen and oxygen atoms in total. The zero-order chi connectivity index (χ0) is 9.97. The van der Waals surface area contributed by atoms with Gasteiger partial charge in [-0.15, -0.1) is 0 Å². The summed E-state index contributed by atoms with van der Waals surface area (Å²) in [6, 6.07) is 6.02. The Balaban J connectivity index is 2.34. The number of aliphatic hydroxyl groups is 1. The average molecular weight is 212 g/mol. The predicted octanol–water partition coefficient (Wildman–Crippen LogP) is 1.91. The minimum absolute atomic E-state index is 0.234. The van der Waals surface area contributed by atoms with Gasteiger partial charge in [-0.1, -0.05) is 23.7 Å². The van der Waals surface area contributed by atoms with Crippen LogP contribution in [0.5, 0.6) is 0 Å². The maximum atomic E-state index is 8.95. The van der Waals surface area contributed by atoms with Crippen LogP contribution in [0.2, 0.25) is 5.02 Å². The first-order valence-electron chi connectivity index (χ1n) is 4.92. The molecule has 1 atom stereocenters. The summed E-state index contributed by atoms with van der Waals surface area (Å²) in [4.78, 5) is 0. The van der Waals surface area contributed by atoms with E-state index in [1.54, 1.807) is 0 Å². The molecular formula is C11H14ClNO. The van der Waals surface area contributed by atoms with Crippen molar-refractivity contribution in [3.05, 3.63) is 34.3 Å². The summed E-state index contributed by atoms with van der Waals surface area (Å²) in [5.74, 6) is 0.405. The van der Waals surface area contributed by atoms with Crippen molar-refractivity contribution in [2.75, 3.05) is 13.2 Å². The van der Waals surface area contributed by atoms with Gasteiger partial charge >= 0.3 is 0 Å². The van der Waals surface area contributed by atoms with Gasteiger partial charge in [0, 0.05) is 24.7 Å². The first kappa shape index (κ1) is 9.97. The SMILES string of the molecule is OCC[C@H]1CNCc2c(Cl)cccc21. The highest BCUT2D eigenvalue weighted by Crippen LogP contribution is 2.30. The molecule has 14 heavy (non-hydrogen) atoms. The van der Waals surface area contributed by atoms with E-state index in [-0.39, 0.29) is 6.61 Å². The summed E-state index contributed by atoms with van der Waals surface area (Å²) in [6.45, 7) is 2.02. The summed E-state index contributed by atoms with van der Waals surface area (Å²) in [5.41, 5.74) is 2.49. The fourth-order valence-corrected chi connectivity index (χ4v) is 2.29. The third kappa shape index (κ3) is 1.78. The van der Waals surface area contributed by atoms with Crippen LogP contribution in [0, 0.1) is 0 Å². The maximum absolute atomic E-state index is 8.95. The summed E-state index contributed by atoms with van der Waals surface area (Å²) in [6.07, 6.45) is 0.806. The van der Waals surface area contributed by atoms with Crippen LogP contribution in [0.4, 0.5) is 0 Å². The van der Waals surface area contributed by atoms with Gasteiger partial charge < -0.3 is 10.4 Å². The first-order valence-corrected chi connectivity index (χ1v) is 5.29. The normalized spacial score (nSPS) is 20.6. The van der Waals surface area contributed by atoms with E-state index in [1.165, 1.54) is 11.1 Å². The van der Waals surface area contributed by atoms with Crippen molar-refractivity contribution in [1.29, 1.82) is 0 Å². The molecule has 1 aromatic carbocycles. The zero-order valence-electron chi connectivity index (χ0n) is 7.96. The third-order valence-corrected chi connectivity index (χ3v) is 3.12. The zero-order valence-corrected chi connectivity index (χ0v) is 8.72. The van der Waals surface area contributed by atoms with E-state index >= 15 is 0 Å². The van der Waals surface area contributed by atoms with Crippen LogP contribution >= 0.6 is 11.6 Å². The standard InChI is InChI=1S/C11H14ClNO/c12-11-3-1-2-9-8(4-5-14)6-13-7-10(9)11/h1-3,8,13-14H,4-7H2/t8-/m0/s1. The van der Waals surface area contributed by atoms with Crippen molar-refractivity contribution in [2.45, 2.75) is 18.9 Å². The molecule has 0 aromatic heterocycles. The summed E-state index contributed by atoms with van der Waals surface area (Å²) >= 11 is 6.11. The molecule has 0 saturated carbocycles. The molecule has 0 radical (unpaired) electrons. The molecule has 2 N–H and O–H groups in total. The summed E-state index contributed by atoms with van der Waals surface area (Å²) in [7, 11) is 0. The van der Waals surface area contributed by atoms with E-state index in [4.69, 9.17) is 16.7 Å². The number of fused-ring (bicyclic) bond motifs is 1. The highest BCUT2D eigenvalue weighted by Gasteiger charge is 2.20. The Kier molecular flexibility index (Phi) is 3.06. The molecule has 0 unspecified atom stereocenters. The van der Waals surface area contributed by atoms with E-state index in [1.807, 2.05) is 12.1 Å². The van der Waals surface area contributed by atoms with E-state index in [9.17, 15) is 0 Å². The molecule has 0 amide bonds. The lowest BCUT2D eigenvalue weighted by Gasteiger charge is -2.26. The molecule has 0 aliphatic carbocycles. The molecule has 0 spiro atoms. The molecular weight excluding hydrogens is 198 g/mol. The fraction of sp³-hybridized carbons (Fsp3) is 0.455. The number of hydrogen-bond acceptors (Lipinski definition) is 2. The van der Waals surface area contributed by atoms with Crippen molar-refractivity contribution in [3.8, 4) is 0 Å². The van der Waals surface area contributed by atoms with Crippen LogP contribution < -0.4 is 5.32 Å².